The lowest BCUT2D eigenvalue weighted by Crippen LogP contribution is -2.61. The Balaban J connectivity index is 7.30. The molecule has 109 heavy (non-hydrogen) atoms. The normalized spacial score (nSPS) is 15.2. The number of thiol groups is 1. The van der Waals surface area contributed by atoms with E-state index in [0.717, 1.165) is 0 Å². The molecule has 0 aromatic rings. The molecule has 630 valence electrons. The average molecular weight is 1570 g/mol. The summed E-state index contributed by atoms with van der Waals surface area (Å²) < 4.78 is 0. The lowest BCUT2D eigenvalue weighted by atomic mass is 9.98. The van der Waals surface area contributed by atoms with E-state index in [1.807, 2.05) is 83.1 Å². The van der Waals surface area contributed by atoms with Gasteiger partial charge in [-0.25, -0.2) is 4.79 Å². The first-order valence-electron chi connectivity index (χ1n) is 39.9. The van der Waals surface area contributed by atoms with Crippen LogP contribution in [0.25, 0.3) is 0 Å². The second kappa shape index (κ2) is 58.1. The van der Waals surface area contributed by atoms with Gasteiger partial charge in [0.25, 0.3) is 0 Å². The zero-order valence-corrected chi connectivity index (χ0v) is 68.5. The molecule has 0 aliphatic rings. The molecule has 0 heterocycles. The molecule has 0 aliphatic carbocycles. The van der Waals surface area contributed by atoms with Crippen molar-refractivity contribution in [2.45, 2.75) is 316 Å². The molecule has 0 bridgehead atoms. The van der Waals surface area contributed by atoms with Crippen LogP contribution in [0.2, 0.25) is 0 Å². The summed E-state index contributed by atoms with van der Waals surface area (Å²) in [6, 6.07) is -15.8. The zero-order chi connectivity index (χ0) is 82.9. The van der Waals surface area contributed by atoms with Crippen molar-refractivity contribution < 1.29 is 67.4 Å². The van der Waals surface area contributed by atoms with Crippen molar-refractivity contribution in [2.24, 2.45) is 75.6 Å². The van der Waals surface area contributed by atoms with E-state index in [-0.39, 0.29) is 144 Å². The van der Waals surface area contributed by atoms with E-state index in [2.05, 4.69) is 76.4 Å². The highest BCUT2D eigenvalue weighted by Gasteiger charge is 2.38. The Labute approximate surface area is 654 Å². The third-order valence-electron chi connectivity index (χ3n) is 18.0. The maximum Gasteiger partial charge on any atom is 0.326 e. The number of aliphatic carboxylic acids is 1. The van der Waals surface area contributed by atoms with Crippen LogP contribution < -0.4 is 104 Å². The van der Waals surface area contributed by atoms with Gasteiger partial charge < -0.3 is 109 Å². The zero-order valence-electron chi connectivity index (χ0n) is 67.6. The smallest absolute Gasteiger partial charge is 0.326 e. The number of carboxylic acid groups (broad SMARTS) is 1. The molecule has 0 radical (unpaired) electrons. The van der Waals surface area contributed by atoms with E-state index in [0.29, 0.717) is 90.1 Å². The Morgan fingerprint density at radius 3 is 0.523 bits per heavy atom. The number of carbonyl (C=O) groups excluding carboxylic acids is 12. The second-order valence-corrected chi connectivity index (χ2v) is 31.7. The number of nitrogens with two attached hydrogens (primary N) is 7. The molecule has 0 aromatic carbocycles. The molecule has 13 atom stereocenters. The van der Waals surface area contributed by atoms with Crippen LogP contribution in [0.3, 0.4) is 0 Å². The van der Waals surface area contributed by atoms with Crippen molar-refractivity contribution in [1.82, 2.24) is 63.8 Å². The maximum absolute atomic E-state index is 14.8. The lowest BCUT2D eigenvalue weighted by Gasteiger charge is -2.30. The summed E-state index contributed by atoms with van der Waals surface area (Å²) >= 11 is 4.11. The van der Waals surface area contributed by atoms with E-state index >= 15 is 0 Å². The summed E-state index contributed by atoms with van der Waals surface area (Å²) in [6.45, 7) is 23.6. The van der Waals surface area contributed by atoms with E-state index in [4.69, 9.17) is 40.1 Å². The highest BCUT2D eigenvalue weighted by atomic mass is 32.1. The summed E-state index contributed by atoms with van der Waals surface area (Å²) in [7, 11) is 0. The van der Waals surface area contributed by atoms with Gasteiger partial charge in [0.1, 0.15) is 72.5 Å². The first-order chi connectivity index (χ1) is 51.4. The van der Waals surface area contributed by atoms with Crippen LogP contribution >= 0.6 is 12.6 Å². The van der Waals surface area contributed by atoms with Crippen LogP contribution in [0.5, 0.6) is 0 Å². The van der Waals surface area contributed by atoms with Gasteiger partial charge in [0.05, 0.1) is 6.04 Å². The van der Waals surface area contributed by atoms with Crippen LogP contribution in [0.1, 0.15) is 237 Å². The quantitative estimate of drug-likeness (QED) is 0.0286. The molecule has 27 N–H and O–H groups in total. The van der Waals surface area contributed by atoms with Gasteiger partial charge in [0, 0.05) is 5.75 Å². The van der Waals surface area contributed by atoms with Crippen LogP contribution in [-0.4, -0.2) is 206 Å². The fourth-order valence-electron chi connectivity index (χ4n) is 12.1. The molecule has 0 fully saturated rings. The number of nitrogens with one attached hydrogen (secondary N) is 12. The molecule has 0 saturated heterocycles. The Kier molecular flexibility index (Phi) is 54.5. The number of amides is 12. The SMILES string of the molecule is CC(C)C[C@H](NC(=O)[C@H](CC(C)C)NC(=O)[C@H](CCCCN)NC(=O)[C@H](CCCCN)NC(=O)[C@H](CC(C)C)NC(=O)[C@H](CC(C)C)NC(=O)[C@H](CCCCN)NC(=O)[C@H](CCCCN)NC(=O)[C@H](CC(C)C)NC(=O)[C@H](CC(C)C)NC(=O)[C@H](CCCCN)NC(=O)[C@H](CCCCN)NC(=O)[C@@H](N)CS)C(=O)O. The van der Waals surface area contributed by atoms with E-state index in [1.54, 1.807) is 0 Å². The molecular weight excluding hydrogens is 1420 g/mol. The number of rotatable bonds is 62. The number of hydrogen-bond donors (Lipinski definition) is 21. The van der Waals surface area contributed by atoms with Crippen molar-refractivity contribution in [3.05, 3.63) is 0 Å². The van der Waals surface area contributed by atoms with Crippen molar-refractivity contribution in [3.8, 4) is 0 Å². The van der Waals surface area contributed by atoms with E-state index in [1.165, 1.54) is 0 Å². The monoisotopic (exact) mass is 1570 g/mol. The molecule has 0 aromatic heterocycles. The van der Waals surface area contributed by atoms with Crippen LogP contribution in [0, 0.1) is 35.5 Å². The largest absolute Gasteiger partial charge is 0.480 e. The molecule has 0 rings (SSSR count). The van der Waals surface area contributed by atoms with Gasteiger partial charge in [-0.2, -0.15) is 12.6 Å². The van der Waals surface area contributed by atoms with Crippen molar-refractivity contribution in [2.75, 3.05) is 45.0 Å². The van der Waals surface area contributed by atoms with Gasteiger partial charge in [-0.3, -0.25) is 57.5 Å². The summed E-state index contributed by atoms with van der Waals surface area (Å²) in [4.78, 5) is 184. The molecule has 0 saturated carbocycles. The Bertz CT molecular complexity index is 2730. The topological polar surface area (TPSA) is 569 Å². The summed E-state index contributed by atoms with van der Waals surface area (Å²) in [6.07, 6.45) is 6.39. The molecule has 34 heteroatoms. The third-order valence-corrected chi connectivity index (χ3v) is 18.4. The molecule has 12 amide bonds. The minimum Gasteiger partial charge on any atom is -0.480 e. The second-order valence-electron chi connectivity index (χ2n) is 31.3. The molecule has 0 unspecified atom stereocenters. The highest BCUT2D eigenvalue weighted by Crippen LogP contribution is 2.18. The van der Waals surface area contributed by atoms with Crippen LogP contribution in [0.4, 0.5) is 0 Å². The van der Waals surface area contributed by atoms with Gasteiger partial charge >= 0.3 is 5.97 Å². The third kappa shape index (κ3) is 44.7. The van der Waals surface area contributed by atoms with Gasteiger partial charge in [0.2, 0.25) is 70.9 Å². The van der Waals surface area contributed by atoms with Crippen LogP contribution in [-0.2, 0) is 62.3 Å². The van der Waals surface area contributed by atoms with Gasteiger partial charge in [-0.05, 0) is 229 Å². The van der Waals surface area contributed by atoms with E-state index < -0.39 is 155 Å². The summed E-state index contributed by atoms with van der Waals surface area (Å²) in [5.41, 5.74) is 41.0. The maximum atomic E-state index is 14.8. The predicted octanol–water partition coefficient (Wildman–Crippen LogP) is 0.196. The fourth-order valence-corrected chi connectivity index (χ4v) is 12.3. The van der Waals surface area contributed by atoms with Gasteiger partial charge in [-0.1, -0.05) is 83.1 Å². The standard InChI is InChI=1S/C75H145N19O14S/c1-44(2)37-57(92-72(104)59(39-46(5)6)89-67(99)54(28-16-22-34-79)84-64(96)51(25-13-19-31-76)83-63(95)50(82)43-109)70(102)87-52(26-14-20-32-77)65(97)85-55(29-17-23-35-80)68(100)90-60(40-47(7)8)73(105)93-58(38-45(3)4)71(103)88-53(27-15-21-33-78)66(98)86-56(30-18-24-36-81)69(101)91-61(41-48(9)10)74(106)94-62(75(107)108)42-49(11)12/h44-62,109H,13-43,76-82H2,1-12H3,(H,83,95)(H,84,96)(H,85,97)(H,86,98)(H,87,102)(H,88,103)(H,89,99)(H,90,100)(H,91,101)(H,92,104)(H,93,105)(H,94,106)(H,107,108)/t50-,51-,52-,53-,54-,55-,56-,57-,58-,59-,60-,61-,62-/m0/s1. The number of carbonyl (C=O) groups is 13. The first-order valence-corrected chi connectivity index (χ1v) is 40.5. The van der Waals surface area contributed by atoms with Crippen molar-refractivity contribution in [3.63, 3.8) is 0 Å². The minimum atomic E-state index is -1.30. The summed E-state index contributed by atoms with van der Waals surface area (Å²) in [5.74, 6) is -10.8. The summed E-state index contributed by atoms with van der Waals surface area (Å²) in [5, 5.41) is 43.2. The Morgan fingerprint density at radius 1 is 0.239 bits per heavy atom. The molecule has 0 spiro atoms. The van der Waals surface area contributed by atoms with Gasteiger partial charge in [0.15, 0.2) is 0 Å². The Hall–Kier alpha value is -6.82. The average Bonchev–Trinajstić information content (AvgIpc) is 0.858. The molecule has 33 nitrogen and oxygen atoms in total. The highest BCUT2D eigenvalue weighted by molar-refractivity contribution is 7.80. The van der Waals surface area contributed by atoms with Crippen molar-refractivity contribution in [1.29, 1.82) is 0 Å². The van der Waals surface area contributed by atoms with Crippen molar-refractivity contribution >= 4 is 89.5 Å². The fraction of sp³-hybridized carbons (Fsp3) is 0.827. The van der Waals surface area contributed by atoms with E-state index in [9.17, 15) is 67.4 Å². The molecular formula is C75H145N19O14S. The first kappa shape index (κ1) is 102. The number of hydrogen-bond acceptors (Lipinski definition) is 21. The Morgan fingerprint density at radius 2 is 0.376 bits per heavy atom. The molecule has 0 aliphatic heterocycles. The minimum absolute atomic E-state index is 0.0135. The number of unbranched alkanes of at least 4 members (excludes halogenated alkanes) is 6. The lowest BCUT2D eigenvalue weighted by molar-refractivity contribution is -0.143. The van der Waals surface area contributed by atoms with Gasteiger partial charge in [-0.15, -0.1) is 0 Å². The predicted molar refractivity (Wildman–Crippen MR) is 427 cm³/mol. The van der Waals surface area contributed by atoms with Crippen LogP contribution in [0.15, 0.2) is 0 Å². The number of carboxylic acids is 1.